The smallest absolute Gasteiger partial charge is 0.460 e. The monoisotopic (exact) mass is 473 g/mol. The fourth-order valence-corrected chi connectivity index (χ4v) is 3.90. The zero-order chi connectivity index (χ0) is 22.8. The lowest BCUT2D eigenvalue weighted by Gasteiger charge is -2.27. The van der Waals surface area contributed by atoms with E-state index in [2.05, 4.69) is 4.74 Å². The summed E-state index contributed by atoms with van der Waals surface area (Å²) in [5.41, 5.74) is -1.40. The average Bonchev–Trinajstić information content (AvgIpc) is 2.52. The normalized spacial score (nSPS) is 13.2. The Labute approximate surface area is 162 Å². The molecular formula is C13H10F7NO6S2. The number of nitro groups is 1. The van der Waals surface area contributed by atoms with Crippen molar-refractivity contribution in [2.75, 3.05) is 12.4 Å². The number of hydrogen-bond acceptors (Lipinski definition) is 7. The first-order valence-corrected chi connectivity index (χ1v) is 9.61. The number of nitro benzene ring substituents is 1. The van der Waals surface area contributed by atoms with Crippen LogP contribution < -0.4 is 0 Å². The number of nitrogens with zero attached hydrogens (tertiary/aromatic N) is 1. The van der Waals surface area contributed by atoms with Crippen LogP contribution in [0.3, 0.4) is 0 Å². The van der Waals surface area contributed by atoms with Crippen molar-refractivity contribution in [2.24, 2.45) is 0 Å². The maximum absolute atomic E-state index is 13.5. The van der Waals surface area contributed by atoms with Gasteiger partial charge in [0.15, 0.2) is 15.6 Å². The van der Waals surface area contributed by atoms with Gasteiger partial charge in [-0.15, -0.1) is 0 Å². The van der Waals surface area contributed by atoms with Gasteiger partial charge in [-0.1, -0.05) is 0 Å². The molecule has 1 aromatic carbocycles. The van der Waals surface area contributed by atoms with Crippen molar-refractivity contribution < 1.29 is 53.6 Å². The second kappa shape index (κ2) is 8.33. The Morgan fingerprint density at radius 2 is 1.72 bits per heavy atom. The molecule has 0 aliphatic carbocycles. The minimum Gasteiger partial charge on any atom is -0.465 e. The van der Waals surface area contributed by atoms with Crippen molar-refractivity contribution in [1.82, 2.24) is 0 Å². The highest BCUT2D eigenvalue weighted by Crippen LogP contribution is 2.54. The number of ether oxygens (including phenoxy) is 1. The molecule has 0 aliphatic rings. The summed E-state index contributed by atoms with van der Waals surface area (Å²) in [5, 5.41) is 5.29. The molecule has 0 aromatic heterocycles. The maximum Gasteiger partial charge on any atom is 0.460 e. The van der Waals surface area contributed by atoms with Crippen molar-refractivity contribution in [2.45, 2.75) is 34.1 Å². The number of hydrogen-bond donors (Lipinski definition) is 0. The summed E-state index contributed by atoms with van der Waals surface area (Å²) < 4.78 is 118. The summed E-state index contributed by atoms with van der Waals surface area (Å²) in [6, 6.07) is 0.802. The van der Waals surface area contributed by atoms with Gasteiger partial charge in [-0.3, -0.25) is 14.9 Å². The van der Waals surface area contributed by atoms with Gasteiger partial charge in [0.05, 0.1) is 11.5 Å². The van der Waals surface area contributed by atoms with E-state index in [1.54, 1.807) is 0 Å². The van der Waals surface area contributed by atoms with Crippen LogP contribution in [0, 0.1) is 10.1 Å². The number of esters is 1. The van der Waals surface area contributed by atoms with Gasteiger partial charge in [0.25, 0.3) is 5.69 Å². The number of carbonyl (C=O) groups excluding carboxylic acids is 1. The first kappa shape index (κ1) is 24.9. The summed E-state index contributed by atoms with van der Waals surface area (Å²) in [7, 11) is -4.71. The van der Waals surface area contributed by atoms with Crippen LogP contribution in [0.4, 0.5) is 36.4 Å². The van der Waals surface area contributed by atoms with Gasteiger partial charge in [0.1, 0.15) is 4.90 Å². The number of benzene rings is 1. The minimum absolute atomic E-state index is 0.0864. The van der Waals surface area contributed by atoms with Crippen LogP contribution in [0.2, 0.25) is 0 Å². The van der Waals surface area contributed by atoms with E-state index in [9.17, 15) is 54.1 Å². The molecule has 16 heteroatoms. The van der Waals surface area contributed by atoms with Crippen LogP contribution in [-0.2, 0) is 19.4 Å². The van der Waals surface area contributed by atoms with E-state index in [-0.39, 0.29) is 12.7 Å². The molecule has 29 heavy (non-hydrogen) atoms. The molecule has 0 aliphatic heterocycles. The third kappa shape index (κ3) is 5.49. The molecule has 0 saturated heterocycles. The van der Waals surface area contributed by atoms with Gasteiger partial charge < -0.3 is 4.74 Å². The van der Waals surface area contributed by atoms with E-state index < -0.39 is 71.1 Å². The lowest BCUT2D eigenvalue weighted by molar-refractivity contribution is -0.388. The molecule has 0 radical (unpaired) electrons. The van der Waals surface area contributed by atoms with Gasteiger partial charge in [0, 0.05) is 11.0 Å². The molecule has 1 rings (SSSR count). The van der Waals surface area contributed by atoms with Crippen molar-refractivity contribution >= 4 is 33.3 Å². The summed E-state index contributed by atoms with van der Waals surface area (Å²) >= 11 is -1.34. The van der Waals surface area contributed by atoms with Gasteiger partial charge in [-0.2, -0.15) is 30.7 Å². The molecule has 0 saturated carbocycles. The van der Waals surface area contributed by atoms with Crippen LogP contribution in [0.15, 0.2) is 28.0 Å². The molecular weight excluding hydrogens is 463 g/mol. The van der Waals surface area contributed by atoms with Gasteiger partial charge in [-0.25, -0.2) is 8.42 Å². The Kier molecular flexibility index (Phi) is 7.17. The Bertz CT molecular complexity index is 901. The van der Waals surface area contributed by atoms with Crippen molar-refractivity contribution in [3.8, 4) is 0 Å². The highest BCUT2D eigenvalue weighted by Gasteiger charge is 2.73. The fourth-order valence-electron chi connectivity index (χ4n) is 1.78. The third-order valence-electron chi connectivity index (χ3n) is 3.04. The van der Waals surface area contributed by atoms with Crippen molar-refractivity contribution in [3.05, 3.63) is 28.3 Å². The lowest BCUT2D eigenvalue weighted by Crippen LogP contribution is -2.49. The van der Waals surface area contributed by atoms with Gasteiger partial charge in [-0.05, 0) is 30.8 Å². The number of rotatable bonds is 8. The molecule has 1 aromatic rings. The molecule has 0 atom stereocenters. The van der Waals surface area contributed by atoms with Crippen molar-refractivity contribution in [3.63, 3.8) is 0 Å². The summed E-state index contributed by atoms with van der Waals surface area (Å²) in [5.74, 6) is -9.11. The van der Waals surface area contributed by atoms with Crippen LogP contribution in [0.5, 0.6) is 0 Å². The zero-order valence-corrected chi connectivity index (χ0v) is 15.6. The van der Waals surface area contributed by atoms with E-state index in [4.69, 9.17) is 0 Å². The van der Waals surface area contributed by atoms with Crippen molar-refractivity contribution in [1.29, 1.82) is 0 Å². The van der Waals surface area contributed by atoms with Crippen LogP contribution >= 0.6 is 11.8 Å². The highest BCUT2D eigenvalue weighted by molar-refractivity contribution is 8.00. The molecule has 0 bridgehead atoms. The number of carbonyl (C=O) groups is 1. The van der Waals surface area contributed by atoms with Crippen LogP contribution in [0.1, 0.15) is 6.92 Å². The van der Waals surface area contributed by atoms with Gasteiger partial charge in [0.2, 0.25) is 0 Å². The first-order chi connectivity index (χ1) is 13.0. The van der Waals surface area contributed by atoms with E-state index in [1.165, 1.54) is 6.92 Å². The Morgan fingerprint density at radius 1 is 1.17 bits per heavy atom. The lowest BCUT2D eigenvalue weighted by atomic mass is 10.3. The Hall–Kier alpha value is -2.10. The number of thioether (sulfide) groups is 1. The van der Waals surface area contributed by atoms with Crippen LogP contribution in [0.25, 0.3) is 0 Å². The Morgan fingerprint density at radius 3 is 2.17 bits per heavy atom. The Balaban J connectivity index is 3.36. The van der Waals surface area contributed by atoms with E-state index in [0.29, 0.717) is 12.1 Å². The SMILES string of the molecule is CCOC(=O)CS(=O)(=O)c1ccc(SC(F)(F)C(F)(F)C(F)(F)F)cc1[N+](=O)[O-]. The molecule has 0 fully saturated rings. The average molecular weight is 473 g/mol. The molecule has 0 spiro atoms. The molecule has 0 heterocycles. The summed E-state index contributed by atoms with van der Waals surface area (Å²) in [6.45, 7) is 1.13. The highest BCUT2D eigenvalue weighted by atomic mass is 32.2. The standard InChI is InChI=1S/C13H10F7NO6S2/c1-2-27-10(22)6-29(25,26)9-4-3-7(5-8(9)21(23)24)28-13(19,20)11(14,15)12(16,17)18/h3-5H,2,6H2,1H3. The zero-order valence-electron chi connectivity index (χ0n) is 14.0. The number of halogens is 7. The summed E-state index contributed by atoms with van der Waals surface area (Å²) in [6.07, 6.45) is -6.61. The van der Waals surface area contributed by atoms with E-state index in [1.807, 2.05) is 0 Å². The van der Waals surface area contributed by atoms with E-state index in [0.717, 1.165) is 0 Å². The largest absolute Gasteiger partial charge is 0.465 e. The molecule has 7 nitrogen and oxygen atoms in total. The van der Waals surface area contributed by atoms with Crippen LogP contribution in [-0.4, -0.2) is 49.0 Å². The van der Waals surface area contributed by atoms with E-state index >= 15 is 0 Å². The first-order valence-electron chi connectivity index (χ1n) is 7.14. The predicted octanol–water partition coefficient (Wildman–Crippen LogP) is 3.81. The second-order valence-corrected chi connectivity index (χ2v) is 8.29. The number of sulfone groups is 1. The van der Waals surface area contributed by atoms with Gasteiger partial charge >= 0.3 is 23.3 Å². The molecule has 164 valence electrons. The topological polar surface area (TPSA) is 104 Å². The number of alkyl halides is 7. The molecule has 0 amide bonds. The maximum atomic E-state index is 13.5. The minimum atomic E-state index is -6.61. The summed E-state index contributed by atoms with van der Waals surface area (Å²) in [4.78, 5) is 18.7. The fraction of sp³-hybridized carbons (Fsp3) is 0.462. The molecule has 0 N–H and O–H groups in total. The second-order valence-electron chi connectivity index (χ2n) is 5.14. The third-order valence-corrected chi connectivity index (χ3v) is 5.68. The quantitative estimate of drug-likeness (QED) is 0.186. The predicted molar refractivity (Wildman–Crippen MR) is 83.6 cm³/mol. The molecule has 0 unspecified atom stereocenters.